The van der Waals surface area contributed by atoms with E-state index in [1.165, 1.54) is 25.3 Å². The minimum absolute atomic E-state index is 0.0197. The van der Waals surface area contributed by atoms with Gasteiger partial charge in [0.1, 0.15) is 5.75 Å². The Morgan fingerprint density at radius 2 is 1.82 bits per heavy atom. The highest BCUT2D eigenvalue weighted by molar-refractivity contribution is 7.89. The average Bonchev–Trinajstić information content (AvgIpc) is 2.65. The van der Waals surface area contributed by atoms with Crippen molar-refractivity contribution in [3.63, 3.8) is 0 Å². The molecule has 0 heterocycles. The summed E-state index contributed by atoms with van der Waals surface area (Å²) in [5.41, 5.74) is 0.673. The highest BCUT2D eigenvalue weighted by Crippen LogP contribution is 2.28. The smallest absolute Gasteiger partial charge is 0.243 e. The van der Waals surface area contributed by atoms with Crippen molar-refractivity contribution in [2.24, 2.45) is 0 Å². The van der Waals surface area contributed by atoms with Gasteiger partial charge in [-0.05, 0) is 35.9 Å². The third-order valence-electron chi connectivity index (χ3n) is 3.92. The van der Waals surface area contributed by atoms with Crippen molar-refractivity contribution in [1.82, 2.24) is 9.62 Å². The van der Waals surface area contributed by atoms with Crippen molar-refractivity contribution in [1.29, 1.82) is 0 Å². The second kappa shape index (κ2) is 9.80. The van der Waals surface area contributed by atoms with Crippen LogP contribution in [-0.2, 0) is 21.4 Å². The largest absolute Gasteiger partial charge is 0.495 e. The summed E-state index contributed by atoms with van der Waals surface area (Å²) < 4.78 is 31.7. The number of likely N-dealkylation sites (N-methyl/N-ethyl adjacent to an activating group) is 1. The lowest BCUT2D eigenvalue weighted by atomic mass is 10.2. The molecule has 2 aromatic rings. The average molecular weight is 466 g/mol. The van der Waals surface area contributed by atoms with Gasteiger partial charge in [-0.15, -0.1) is 0 Å². The molecule has 152 valence electrons. The van der Waals surface area contributed by atoms with Crippen LogP contribution in [0.15, 0.2) is 41.3 Å². The zero-order valence-corrected chi connectivity index (χ0v) is 18.3. The zero-order chi connectivity index (χ0) is 20.9. The Morgan fingerprint density at radius 1 is 1.11 bits per heavy atom. The number of carbonyl (C=O) groups excluding carboxylic acids is 1. The molecule has 6 nitrogen and oxygen atoms in total. The van der Waals surface area contributed by atoms with E-state index in [1.54, 1.807) is 25.1 Å². The fourth-order valence-corrected chi connectivity index (χ4v) is 4.63. The molecule has 1 N–H and O–H groups in total. The molecule has 10 heteroatoms. The third-order valence-corrected chi connectivity index (χ3v) is 6.72. The monoisotopic (exact) mass is 464 g/mol. The fraction of sp³-hybridized carbons (Fsp3) is 0.278. The molecule has 0 radical (unpaired) electrons. The summed E-state index contributed by atoms with van der Waals surface area (Å²) >= 11 is 17.9. The van der Waals surface area contributed by atoms with Crippen LogP contribution in [0.3, 0.4) is 0 Å². The molecular formula is C18H19Cl3N2O4S. The van der Waals surface area contributed by atoms with Gasteiger partial charge in [0.05, 0.1) is 23.6 Å². The maximum absolute atomic E-state index is 12.8. The number of halogens is 3. The number of hydrogen-bond donors (Lipinski definition) is 1. The van der Waals surface area contributed by atoms with E-state index in [9.17, 15) is 13.2 Å². The molecule has 0 spiro atoms. The normalized spacial score (nSPS) is 11.5. The van der Waals surface area contributed by atoms with Crippen LogP contribution in [0.4, 0.5) is 0 Å². The minimum Gasteiger partial charge on any atom is -0.495 e. The van der Waals surface area contributed by atoms with Crippen molar-refractivity contribution >= 4 is 50.7 Å². The lowest BCUT2D eigenvalue weighted by molar-refractivity contribution is -0.121. The molecule has 2 rings (SSSR count). The van der Waals surface area contributed by atoms with Gasteiger partial charge < -0.3 is 10.1 Å². The molecule has 1 amide bonds. The maximum Gasteiger partial charge on any atom is 0.243 e. The number of amides is 1. The van der Waals surface area contributed by atoms with Crippen molar-refractivity contribution in [3.05, 3.63) is 57.0 Å². The van der Waals surface area contributed by atoms with Crippen LogP contribution in [0.2, 0.25) is 15.1 Å². The van der Waals surface area contributed by atoms with Crippen LogP contribution in [0.5, 0.6) is 5.75 Å². The summed E-state index contributed by atoms with van der Waals surface area (Å²) in [6, 6.07) is 9.06. The second-order valence-electron chi connectivity index (χ2n) is 5.74. The Kier molecular flexibility index (Phi) is 7.97. The highest BCUT2D eigenvalue weighted by atomic mass is 35.5. The number of sulfonamides is 1. The SMILES string of the molecule is CCN(CC(=O)NCc1ccc(Cl)cc1Cl)S(=O)(=O)c1ccc(OC)c(Cl)c1. The Hall–Kier alpha value is -1.51. The number of ether oxygens (including phenoxy) is 1. The molecule has 0 aliphatic rings. The van der Waals surface area contributed by atoms with E-state index >= 15 is 0 Å². The van der Waals surface area contributed by atoms with Crippen LogP contribution >= 0.6 is 34.8 Å². The topological polar surface area (TPSA) is 75.7 Å². The van der Waals surface area contributed by atoms with Crippen molar-refractivity contribution in [2.75, 3.05) is 20.2 Å². The van der Waals surface area contributed by atoms with Crippen LogP contribution in [-0.4, -0.2) is 38.8 Å². The number of nitrogens with zero attached hydrogens (tertiary/aromatic N) is 1. The summed E-state index contributed by atoms with van der Waals surface area (Å²) in [7, 11) is -2.47. The van der Waals surface area contributed by atoms with Crippen LogP contribution < -0.4 is 10.1 Å². The molecule has 0 saturated heterocycles. The van der Waals surface area contributed by atoms with Gasteiger partial charge in [-0.1, -0.05) is 47.8 Å². The lowest BCUT2D eigenvalue weighted by Crippen LogP contribution is -2.40. The van der Waals surface area contributed by atoms with E-state index in [4.69, 9.17) is 39.5 Å². The molecule has 0 bridgehead atoms. The zero-order valence-electron chi connectivity index (χ0n) is 15.2. The molecule has 2 aromatic carbocycles. The van der Waals surface area contributed by atoms with Gasteiger partial charge in [-0.25, -0.2) is 8.42 Å². The number of benzene rings is 2. The lowest BCUT2D eigenvalue weighted by Gasteiger charge is -2.20. The third kappa shape index (κ3) is 5.52. The molecule has 0 aliphatic heterocycles. The van der Waals surface area contributed by atoms with Crippen molar-refractivity contribution < 1.29 is 17.9 Å². The molecule has 0 fully saturated rings. The van der Waals surface area contributed by atoms with E-state index in [-0.39, 0.29) is 29.6 Å². The first-order valence-electron chi connectivity index (χ1n) is 8.23. The minimum atomic E-state index is -3.90. The standard InChI is InChI=1S/C18H19Cl3N2O4S/c1-3-23(28(25,26)14-6-7-17(27-2)16(21)9-14)11-18(24)22-10-12-4-5-13(19)8-15(12)20/h4-9H,3,10-11H2,1-2H3,(H,22,24). The van der Waals surface area contributed by atoms with Gasteiger partial charge in [-0.2, -0.15) is 4.31 Å². The summed E-state index contributed by atoms with van der Waals surface area (Å²) in [5.74, 6) is -0.0997. The van der Waals surface area contributed by atoms with Crippen molar-refractivity contribution in [2.45, 2.75) is 18.4 Å². The number of carbonyl (C=O) groups is 1. The van der Waals surface area contributed by atoms with Gasteiger partial charge in [-0.3, -0.25) is 4.79 Å². The van der Waals surface area contributed by atoms with Gasteiger partial charge in [0, 0.05) is 23.1 Å². The summed E-state index contributed by atoms with van der Waals surface area (Å²) in [6.07, 6.45) is 0. The van der Waals surface area contributed by atoms with Crippen LogP contribution in [0.1, 0.15) is 12.5 Å². The van der Waals surface area contributed by atoms with Crippen molar-refractivity contribution in [3.8, 4) is 5.75 Å². The number of hydrogen-bond acceptors (Lipinski definition) is 4. The van der Waals surface area contributed by atoms with Gasteiger partial charge in [0.25, 0.3) is 0 Å². The molecular weight excluding hydrogens is 447 g/mol. The van der Waals surface area contributed by atoms with Gasteiger partial charge in [0.2, 0.25) is 15.9 Å². The Labute approximate surface area is 179 Å². The first-order valence-corrected chi connectivity index (χ1v) is 10.8. The summed E-state index contributed by atoms with van der Waals surface area (Å²) in [5, 5.41) is 3.73. The van der Waals surface area contributed by atoms with E-state index in [0.717, 1.165) is 4.31 Å². The molecule has 0 aromatic heterocycles. The Morgan fingerprint density at radius 3 is 2.39 bits per heavy atom. The van der Waals surface area contributed by atoms with Gasteiger partial charge in [0.15, 0.2) is 0 Å². The van der Waals surface area contributed by atoms with E-state index in [1.807, 2.05) is 0 Å². The molecule has 0 unspecified atom stereocenters. The first-order chi connectivity index (χ1) is 13.2. The first kappa shape index (κ1) is 22.8. The van der Waals surface area contributed by atoms with E-state index in [0.29, 0.717) is 21.4 Å². The summed E-state index contributed by atoms with van der Waals surface area (Å²) in [6.45, 7) is 1.57. The number of methoxy groups -OCH3 is 1. The van der Waals surface area contributed by atoms with E-state index < -0.39 is 15.9 Å². The highest BCUT2D eigenvalue weighted by Gasteiger charge is 2.26. The predicted octanol–water partition coefficient (Wildman–Crippen LogP) is 3.98. The molecule has 0 atom stereocenters. The Balaban J connectivity index is 2.09. The van der Waals surface area contributed by atoms with Crippen LogP contribution in [0.25, 0.3) is 0 Å². The fourth-order valence-electron chi connectivity index (χ4n) is 2.40. The number of rotatable bonds is 8. The predicted molar refractivity (Wildman–Crippen MR) is 111 cm³/mol. The maximum atomic E-state index is 12.8. The molecule has 28 heavy (non-hydrogen) atoms. The molecule has 0 aliphatic carbocycles. The number of nitrogens with one attached hydrogen (secondary N) is 1. The Bertz CT molecular complexity index is 967. The van der Waals surface area contributed by atoms with Crippen LogP contribution in [0, 0.1) is 0 Å². The second-order valence-corrected chi connectivity index (χ2v) is 8.93. The van der Waals surface area contributed by atoms with Gasteiger partial charge >= 0.3 is 0 Å². The quantitative estimate of drug-likeness (QED) is 0.640. The van der Waals surface area contributed by atoms with E-state index in [2.05, 4.69) is 5.32 Å². The molecule has 0 saturated carbocycles. The summed E-state index contributed by atoms with van der Waals surface area (Å²) in [4.78, 5) is 12.3.